The minimum atomic E-state index is -0.167. The van der Waals surface area contributed by atoms with E-state index in [0.717, 1.165) is 0 Å². The summed E-state index contributed by atoms with van der Waals surface area (Å²) < 4.78 is 3.17. The molecule has 0 spiro atoms. The number of aromatic nitrogens is 6. The van der Waals surface area contributed by atoms with Crippen LogP contribution < -0.4 is 0 Å². The van der Waals surface area contributed by atoms with Crippen molar-refractivity contribution in [2.45, 2.75) is 32.9 Å². The molecule has 0 atom stereocenters. The highest BCUT2D eigenvalue weighted by molar-refractivity contribution is 5.94. The van der Waals surface area contributed by atoms with Crippen LogP contribution in [0.15, 0.2) is 18.7 Å². The fourth-order valence-corrected chi connectivity index (χ4v) is 2.63. The highest BCUT2D eigenvalue weighted by Crippen LogP contribution is 2.15. The predicted octanol–water partition coefficient (Wildman–Crippen LogP) is -0.391. The SMILES string of the molecule is CC(C)(C)n1cc(C(=O)N2CCN(C(=O)Cn3cnnn3)CC2)cn1. The van der Waals surface area contributed by atoms with E-state index in [1.165, 1.54) is 11.0 Å². The molecule has 2 aromatic heterocycles. The number of piperazine rings is 1. The minimum absolute atomic E-state index is 0.0527. The molecule has 1 aliphatic heterocycles. The molecule has 10 heteroatoms. The van der Waals surface area contributed by atoms with Crippen LogP contribution >= 0.6 is 0 Å². The van der Waals surface area contributed by atoms with Gasteiger partial charge in [-0.15, -0.1) is 5.10 Å². The Morgan fingerprint density at radius 2 is 1.80 bits per heavy atom. The third kappa shape index (κ3) is 3.83. The second-order valence-electron chi connectivity index (χ2n) is 7.02. The average Bonchev–Trinajstić information content (AvgIpc) is 3.25. The Bertz CT molecular complexity index is 738. The van der Waals surface area contributed by atoms with Crippen molar-refractivity contribution in [3.8, 4) is 0 Å². The molecular weight excluding hydrogens is 324 g/mol. The van der Waals surface area contributed by atoms with E-state index in [2.05, 4.69) is 20.6 Å². The molecular formula is C15H22N8O2. The van der Waals surface area contributed by atoms with E-state index in [0.29, 0.717) is 31.7 Å². The van der Waals surface area contributed by atoms with Gasteiger partial charge in [0.15, 0.2) is 0 Å². The summed E-state index contributed by atoms with van der Waals surface area (Å²) in [6.45, 7) is 8.21. The van der Waals surface area contributed by atoms with Gasteiger partial charge in [-0.1, -0.05) is 0 Å². The number of rotatable bonds is 3. The topological polar surface area (TPSA) is 102 Å². The van der Waals surface area contributed by atoms with E-state index < -0.39 is 0 Å². The molecule has 2 amide bonds. The molecule has 0 bridgehead atoms. The molecule has 1 saturated heterocycles. The summed E-state index contributed by atoms with van der Waals surface area (Å²) in [5.41, 5.74) is 0.406. The third-order valence-corrected chi connectivity index (χ3v) is 4.13. The molecule has 25 heavy (non-hydrogen) atoms. The fourth-order valence-electron chi connectivity index (χ4n) is 2.63. The van der Waals surface area contributed by atoms with Crippen molar-refractivity contribution in [2.24, 2.45) is 0 Å². The van der Waals surface area contributed by atoms with Gasteiger partial charge >= 0.3 is 0 Å². The first-order valence-corrected chi connectivity index (χ1v) is 8.17. The van der Waals surface area contributed by atoms with E-state index in [4.69, 9.17) is 0 Å². The van der Waals surface area contributed by atoms with Gasteiger partial charge < -0.3 is 9.80 Å². The van der Waals surface area contributed by atoms with E-state index in [9.17, 15) is 9.59 Å². The standard InChI is InChI=1S/C15H22N8O2/c1-15(2,3)23-9-12(8-17-23)14(25)21-6-4-20(5-7-21)13(24)10-22-11-16-18-19-22/h8-9,11H,4-7,10H2,1-3H3. The Morgan fingerprint density at radius 3 is 2.36 bits per heavy atom. The maximum Gasteiger partial charge on any atom is 0.257 e. The Kier molecular flexibility index (Phi) is 4.51. The molecule has 0 aliphatic carbocycles. The number of carbonyl (C=O) groups is 2. The Labute approximate surface area is 145 Å². The van der Waals surface area contributed by atoms with Crippen molar-refractivity contribution >= 4 is 11.8 Å². The van der Waals surface area contributed by atoms with Crippen molar-refractivity contribution in [3.63, 3.8) is 0 Å². The molecule has 2 aromatic rings. The van der Waals surface area contributed by atoms with Gasteiger partial charge in [0.25, 0.3) is 5.91 Å². The van der Waals surface area contributed by atoms with Crippen LogP contribution in [-0.2, 0) is 16.9 Å². The maximum atomic E-state index is 12.6. The minimum Gasteiger partial charge on any atom is -0.338 e. The average molecular weight is 346 g/mol. The lowest BCUT2D eigenvalue weighted by Gasteiger charge is -2.34. The van der Waals surface area contributed by atoms with E-state index in [1.54, 1.807) is 26.9 Å². The van der Waals surface area contributed by atoms with Gasteiger partial charge in [-0.05, 0) is 31.2 Å². The van der Waals surface area contributed by atoms with Crippen LogP contribution in [0.5, 0.6) is 0 Å². The first-order chi connectivity index (χ1) is 11.8. The third-order valence-electron chi connectivity index (χ3n) is 4.13. The van der Waals surface area contributed by atoms with Gasteiger partial charge in [-0.3, -0.25) is 14.3 Å². The Balaban J connectivity index is 1.55. The lowest BCUT2D eigenvalue weighted by Crippen LogP contribution is -2.51. The first-order valence-electron chi connectivity index (χ1n) is 8.17. The van der Waals surface area contributed by atoms with Crippen molar-refractivity contribution in [1.29, 1.82) is 0 Å². The Morgan fingerprint density at radius 1 is 1.12 bits per heavy atom. The summed E-state index contributed by atoms with van der Waals surface area (Å²) in [5.74, 6) is -0.108. The van der Waals surface area contributed by atoms with Gasteiger partial charge in [-0.25, -0.2) is 4.68 Å². The fraction of sp³-hybridized carbons (Fsp3) is 0.600. The predicted molar refractivity (Wildman–Crippen MR) is 87.5 cm³/mol. The van der Waals surface area contributed by atoms with E-state index in [1.807, 2.05) is 20.8 Å². The highest BCUT2D eigenvalue weighted by Gasteiger charge is 2.26. The second-order valence-corrected chi connectivity index (χ2v) is 7.02. The highest BCUT2D eigenvalue weighted by atomic mass is 16.2. The van der Waals surface area contributed by atoms with Crippen LogP contribution in [-0.4, -0.2) is 77.8 Å². The number of hydrogen-bond acceptors (Lipinski definition) is 6. The number of hydrogen-bond donors (Lipinski definition) is 0. The summed E-state index contributed by atoms with van der Waals surface area (Å²) >= 11 is 0. The summed E-state index contributed by atoms with van der Waals surface area (Å²) in [4.78, 5) is 28.3. The van der Waals surface area contributed by atoms with Gasteiger partial charge in [0.05, 0.1) is 17.3 Å². The zero-order valence-corrected chi connectivity index (χ0v) is 14.7. The van der Waals surface area contributed by atoms with Crippen molar-refractivity contribution < 1.29 is 9.59 Å². The van der Waals surface area contributed by atoms with Crippen molar-refractivity contribution in [3.05, 3.63) is 24.3 Å². The van der Waals surface area contributed by atoms with Crippen LogP contribution in [0.4, 0.5) is 0 Å². The zero-order chi connectivity index (χ0) is 18.0. The number of nitrogens with zero attached hydrogens (tertiary/aromatic N) is 8. The quantitative estimate of drug-likeness (QED) is 0.750. The molecule has 0 radical (unpaired) electrons. The van der Waals surface area contributed by atoms with Crippen LogP contribution in [0.1, 0.15) is 31.1 Å². The normalized spacial score (nSPS) is 15.5. The maximum absolute atomic E-state index is 12.6. The van der Waals surface area contributed by atoms with Crippen LogP contribution in [0.3, 0.4) is 0 Å². The molecule has 0 aromatic carbocycles. The molecule has 0 saturated carbocycles. The van der Waals surface area contributed by atoms with Gasteiger partial charge in [0.1, 0.15) is 12.9 Å². The lowest BCUT2D eigenvalue weighted by molar-refractivity contribution is -0.133. The molecule has 134 valence electrons. The molecule has 1 fully saturated rings. The van der Waals surface area contributed by atoms with Crippen LogP contribution in [0.2, 0.25) is 0 Å². The number of amides is 2. The lowest BCUT2D eigenvalue weighted by atomic mass is 10.1. The Hall–Kier alpha value is -2.78. The summed E-state index contributed by atoms with van der Waals surface area (Å²) in [7, 11) is 0. The summed E-state index contributed by atoms with van der Waals surface area (Å²) in [6.07, 6.45) is 4.78. The van der Waals surface area contributed by atoms with Gasteiger partial charge in [-0.2, -0.15) is 5.10 Å². The molecule has 10 nitrogen and oxygen atoms in total. The molecule has 1 aliphatic rings. The summed E-state index contributed by atoms with van der Waals surface area (Å²) in [6, 6.07) is 0. The summed E-state index contributed by atoms with van der Waals surface area (Å²) in [5, 5.41) is 15.0. The number of tetrazole rings is 1. The van der Waals surface area contributed by atoms with Crippen LogP contribution in [0, 0.1) is 0 Å². The van der Waals surface area contributed by atoms with Crippen molar-refractivity contribution in [1.82, 2.24) is 39.8 Å². The number of carbonyl (C=O) groups excluding carboxylic acids is 2. The first kappa shape index (κ1) is 17.1. The largest absolute Gasteiger partial charge is 0.338 e. The molecule has 0 unspecified atom stereocenters. The molecule has 3 heterocycles. The van der Waals surface area contributed by atoms with Gasteiger partial charge in [0.2, 0.25) is 5.91 Å². The zero-order valence-electron chi connectivity index (χ0n) is 14.7. The van der Waals surface area contributed by atoms with Gasteiger partial charge in [0, 0.05) is 32.4 Å². The molecule has 0 N–H and O–H groups in total. The second kappa shape index (κ2) is 6.61. The van der Waals surface area contributed by atoms with Crippen molar-refractivity contribution in [2.75, 3.05) is 26.2 Å². The van der Waals surface area contributed by atoms with E-state index >= 15 is 0 Å². The monoisotopic (exact) mass is 346 g/mol. The van der Waals surface area contributed by atoms with E-state index in [-0.39, 0.29) is 23.9 Å². The molecule has 3 rings (SSSR count). The van der Waals surface area contributed by atoms with Crippen LogP contribution in [0.25, 0.3) is 0 Å². The smallest absolute Gasteiger partial charge is 0.257 e.